The highest BCUT2D eigenvalue weighted by Gasteiger charge is 2.18. The summed E-state index contributed by atoms with van der Waals surface area (Å²) in [6, 6.07) is 5.89. The van der Waals surface area contributed by atoms with E-state index in [1.54, 1.807) is 12.1 Å². The Labute approximate surface area is 162 Å². The second-order valence-electron chi connectivity index (χ2n) is 6.49. The number of phenols is 4. The van der Waals surface area contributed by atoms with Crippen LogP contribution < -0.4 is 10.6 Å². The van der Waals surface area contributed by atoms with E-state index in [0.29, 0.717) is 37.1 Å². The van der Waals surface area contributed by atoms with E-state index >= 15 is 0 Å². The number of rotatable bonds is 7. The smallest absolute Gasteiger partial charge is 0.216 e. The van der Waals surface area contributed by atoms with Gasteiger partial charge >= 0.3 is 0 Å². The highest BCUT2D eigenvalue weighted by Crippen LogP contribution is 2.44. The summed E-state index contributed by atoms with van der Waals surface area (Å²) in [4.78, 5) is 22.0. The number of hydrogen-bond acceptors (Lipinski definition) is 6. The molecule has 6 N–H and O–H groups in total. The molecule has 2 rings (SSSR count). The lowest BCUT2D eigenvalue weighted by Crippen LogP contribution is -2.22. The van der Waals surface area contributed by atoms with Crippen molar-refractivity contribution < 1.29 is 30.0 Å². The lowest BCUT2D eigenvalue weighted by molar-refractivity contribution is -0.119. The van der Waals surface area contributed by atoms with E-state index in [0.717, 1.165) is 0 Å². The number of hydrogen-bond donors (Lipinski definition) is 6. The molecule has 0 radical (unpaired) electrons. The molecule has 2 aromatic rings. The maximum Gasteiger partial charge on any atom is 0.216 e. The largest absolute Gasteiger partial charge is 0.504 e. The van der Waals surface area contributed by atoms with E-state index in [1.807, 2.05) is 0 Å². The zero-order valence-electron chi connectivity index (χ0n) is 15.7. The predicted molar refractivity (Wildman–Crippen MR) is 103 cm³/mol. The SMILES string of the molecule is CC(=O)NCCc1cc(O)c(O)c(-c2cc(CCNC(C)=O)cc(O)c2O)c1. The molecule has 0 saturated heterocycles. The van der Waals surface area contributed by atoms with E-state index < -0.39 is 11.5 Å². The van der Waals surface area contributed by atoms with Gasteiger partial charge in [-0.2, -0.15) is 0 Å². The van der Waals surface area contributed by atoms with Gasteiger partial charge in [0.05, 0.1) is 0 Å². The fraction of sp³-hybridized carbons (Fsp3) is 0.300. The number of phenolic OH excluding ortho intramolecular Hbond substituents is 4. The first-order chi connectivity index (χ1) is 13.2. The standard InChI is InChI=1S/C20H24N2O6/c1-11(23)21-5-3-13-7-15(19(27)17(25)9-13)16-8-14(4-6-22-12(2)24)10-18(26)20(16)28/h7-10,25-28H,3-6H2,1-2H3,(H,21,23)(H,22,24). The lowest BCUT2D eigenvalue weighted by Gasteiger charge is -2.14. The fourth-order valence-electron chi connectivity index (χ4n) is 2.82. The Morgan fingerprint density at radius 2 is 1.07 bits per heavy atom. The molecule has 28 heavy (non-hydrogen) atoms. The summed E-state index contributed by atoms with van der Waals surface area (Å²) in [7, 11) is 0. The lowest BCUT2D eigenvalue weighted by atomic mass is 9.96. The Hall–Kier alpha value is -3.42. The van der Waals surface area contributed by atoms with Gasteiger partial charge in [0, 0.05) is 38.1 Å². The Kier molecular flexibility index (Phi) is 6.70. The second-order valence-corrected chi connectivity index (χ2v) is 6.49. The van der Waals surface area contributed by atoms with E-state index in [1.165, 1.54) is 26.0 Å². The molecule has 0 aliphatic heterocycles. The second kappa shape index (κ2) is 8.98. The van der Waals surface area contributed by atoms with Gasteiger partial charge in [-0.25, -0.2) is 0 Å². The monoisotopic (exact) mass is 388 g/mol. The van der Waals surface area contributed by atoms with Gasteiger partial charge in [0.1, 0.15) is 0 Å². The van der Waals surface area contributed by atoms with Crippen LogP contribution in [0.2, 0.25) is 0 Å². The van der Waals surface area contributed by atoms with Gasteiger partial charge in [0.25, 0.3) is 0 Å². The van der Waals surface area contributed by atoms with Crippen LogP contribution in [0.5, 0.6) is 23.0 Å². The molecule has 8 nitrogen and oxygen atoms in total. The van der Waals surface area contributed by atoms with Crippen molar-refractivity contribution in [1.82, 2.24) is 10.6 Å². The highest BCUT2D eigenvalue weighted by atomic mass is 16.3. The van der Waals surface area contributed by atoms with Crippen LogP contribution in [0.3, 0.4) is 0 Å². The molecule has 0 aromatic heterocycles. The average Bonchev–Trinajstić information content (AvgIpc) is 2.60. The minimum absolute atomic E-state index is 0.145. The topological polar surface area (TPSA) is 139 Å². The summed E-state index contributed by atoms with van der Waals surface area (Å²) in [5.74, 6) is -1.99. The average molecular weight is 388 g/mol. The van der Waals surface area contributed by atoms with Gasteiger partial charge in [0.15, 0.2) is 23.0 Å². The highest BCUT2D eigenvalue weighted by molar-refractivity contribution is 5.81. The maximum absolute atomic E-state index is 11.0. The maximum atomic E-state index is 11.0. The van der Waals surface area contributed by atoms with Crippen LogP contribution in [0.15, 0.2) is 24.3 Å². The zero-order chi connectivity index (χ0) is 20.8. The Bertz CT molecular complexity index is 821. The molecule has 0 aliphatic rings. The molecule has 0 atom stereocenters. The summed E-state index contributed by atoms with van der Waals surface area (Å²) in [5.41, 5.74) is 1.54. The van der Waals surface area contributed by atoms with Crippen molar-refractivity contribution in [3.63, 3.8) is 0 Å². The molecule has 2 aromatic carbocycles. The van der Waals surface area contributed by atoms with Crippen molar-refractivity contribution in [1.29, 1.82) is 0 Å². The normalized spacial score (nSPS) is 10.5. The van der Waals surface area contributed by atoms with Crippen molar-refractivity contribution in [2.24, 2.45) is 0 Å². The predicted octanol–water partition coefficient (Wildman–Crippen LogP) is 1.53. The van der Waals surface area contributed by atoms with Crippen LogP contribution in [0.1, 0.15) is 25.0 Å². The molecular formula is C20H24N2O6. The summed E-state index contributed by atoms with van der Waals surface area (Å²) < 4.78 is 0. The zero-order valence-corrected chi connectivity index (χ0v) is 15.7. The first-order valence-electron chi connectivity index (χ1n) is 8.78. The Morgan fingerprint density at radius 1 is 0.714 bits per heavy atom. The molecule has 0 bridgehead atoms. The number of aromatic hydroxyl groups is 4. The molecule has 0 heterocycles. The van der Waals surface area contributed by atoms with Crippen LogP contribution in [0.4, 0.5) is 0 Å². The van der Waals surface area contributed by atoms with Crippen LogP contribution in [0, 0.1) is 0 Å². The third-order valence-corrected chi connectivity index (χ3v) is 4.16. The van der Waals surface area contributed by atoms with Gasteiger partial charge in [-0.15, -0.1) is 0 Å². The molecular weight excluding hydrogens is 364 g/mol. The van der Waals surface area contributed by atoms with Gasteiger partial charge in [-0.3, -0.25) is 9.59 Å². The van der Waals surface area contributed by atoms with Crippen LogP contribution in [-0.4, -0.2) is 45.3 Å². The van der Waals surface area contributed by atoms with Crippen molar-refractivity contribution in [3.05, 3.63) is 35.4 Å². The molecule has 8 heteroatoms. The molecule has 0 unspecified atom stereocenters. The molecule has 0 spiro atoms. The number of amides is 2. The Balaban J connectivity index is 2.39. The fourth-order valence-corrected chi connectivity index (χ4v) is 2.82. The summed E-state index contributed by atoms with van der Waals surface area (Å²) in [6.45, 7) is 3.47. The number of carbonyl (C=O) groups excluding carboxylic acids is 2. The minimum atomic E-state index is -0.433. The van der Waals surface area contributed by atoms with E-state index in [4.69, 9.17) is 0 Å². The first-order valence-corrected chi connectivity index (χ1v) is 8.78. The number of carbonyl (C=O) groups is 2. The number of nitrogens with one attached hydrogen (secondary N) is 2. The molecule has 2 amide bonds. The van der Waals surface area contributed by atoms with Gasteiger partial charge in [-0.1, -0.05) is 0 Å². The molecule has 0 fully saturated rings. The van der Waals surface area contributed by atoms with Crippen molar-refractivity contribution >= 4 is 11.8 Å². The molecule has 0 aliphatic carbocycles. The van der Waals surface area contributed by atoms with Crippen molar-refractivity contribution in [2.45, 2.75) is 26.7 Å². The number of benzene rings is 2. The van der Waals surface area contributed by atoms with Crippen LogP contribution in [0.25, 0.3) is 11.1 Å². The van der Waals surface area contributed by atoms with E-state index in [9.17, 15) is 30.0 Å². The quantitative estimate of drug-likeness (QED) is 0.398. The Morgan fingerprint density at radius 3 is 1.39 bits per heavy atom. The third kappa shape index (κ3) is 5.29. The van der Waals surface area contributed by atoms with Gasteiger partial charge in [-0.05, 0) is 48.2 Å². The summed E-state index contributed by atoms with van der Waals surface area (Å²) >= 11 is 0. The van der Waals surface area contributed by atoms with Crippen LogP contribution in [-0.2, 0) is 22.4 Å². The summed E-state index contributed by atoms with van der Waals surface area (Å²) in [5, 5.41) is 45.9. The van der Waals surface area contributed by atoms with Gasteiger partial charge in [0.2, 0.25) is 11.8 Å². The molecule has 150 valence electrons. The van der Waals surface area contributed by atoms with Crippen LogP contribution >= 0.6 is 0 Å². The molecule has 0 saturated carbocycles. The van der Waals surface area contributed by atoms with E-state index in [-0.39, 0.29) is 34.4 Å². The van der Waals surface area contributed by atoms with Crippen molar-refractivity contribution in [3.8, 4) is 34.1 Å². The van der Waals surface area contributed by atoms with Gasteiger partial charge < -0.3 is 31.1 Å². The summed E-state index contributed by atoms with van der Waals surface area (Å²) in [6.07, 6.45) is 0.796. The van der Waals surface area contributed by atoms with E-state index in [2.05, 4.69) is 10.6 Å². The first kappa shape index (κ1) is 20.9. The minimum Gasteiger partial charge on any atom is -0.504 e. The third-order valence-electron chi connectivity index (χ3n) is 4.16. The van der Waals surface area contributed by atoms with Crippen molar-refractivity contribution in [2.75, 3.05) is 13.1 Å².